The maximum atomic E-state index is 11.9. The van der Waals surface area contributed by atoms with Crippen LogP contribution in [0.1, 0.15) is 15.9 Å². The molecule has 0 aliphatic heterocycles. The molecule has 0 saturated carbocycles. The molecule has 0 heterocycles. The van der Waals surface area contributed by atoms with Crippen LogP contribution in [0.4, 0.5) is 0 Å². The lowest BCUT2D eigenvalue weighted by Crippen LogP contribution is -2.08. The summed E-state index contributed by atoms with van der Waals surface area (Å²) in [7, 11) is 0. The van der Waals surface area contributed by atoms with Crippen LogP contribution in [0.25, 0.3) is 0 Å². The lowest BCUT2D eigenvalue weighted by molar-refractivity contribution is 0.0735. The van der Waals surface area contributed by atoms with Crippen molar-refractivity contribution in [2.24, 2.45) is 0 Å². The van der Waals surface area contributed by atoms with E-state index in [1.165, 1.54) is 6.07 Å². The van der Waals surface area contributed by atoms with Gasteiger partial charge in [-0.25, -0.2) is 4.79 Å². The van der Waals surface area contributed by atoms with Crippen molar-refractivity contribution in [3.05, 3.63) is 62.6 Å². The van der Waals surface area contributed by atoms with Gasteiger partial charge in [0.1, 0.15) is 5.75 Å². The molecule has 0 spiro atoms. The van der Waals surface area contributed by atoms with Gasteiger partial charge in [0, 0.05) is 15.1 Å². The molecule has 0 aliphatic carbocycles. The zero-order chi connectivity index (χ0) is 14.0. The van der Waals surface area contributed by atoms with Crippen LogP contribution in [-0.2, 0) is 0 Å². The van der Waals surface area contributed by atoms with Gasteiger partial charge in [-0.05, 0) is 42.8 Å². The fourth-order valence-corrected chi connectivity index (χ4v) is 2.12. The normalized spacial score (nSPS) is 10.3. The fourth-order valence-electron chi connectivity index (χ4n) is 1.46. The SMILES string of the molecule is Cc1c(Cl)cc(OC(=O)c2cccc(Cl)c2)cc1Cl. The Hall–Kier alpha value is -1.22. The van der Waals surface area contributed by atoms with Crippen molar-refractivity contribution in [2.45, 2.75) is 6.92 Å². The van der Waals surface area contributed by atoms with E-state index in [0.29, 0.717) is 26.4 Å². The number of hydrogen-bond donors (Lipinski definition) is 0. The second-order valence-corrected chi connectivity index (χ2v) is 5.16. The molecule has 0 N–H and O–H groups in total. The Labute approximate surface area is 125 Å². The molecular weight excluding hydrogens is 307 g/mol. The molecule has 2 rings (SSSR count). The van der Waals surface area contributed by atoms with E-state index in [9.17, 15) is 4.79 Å². The van der Waals surface area contributed by atoms with Crippen molar-refractivity contribution in [1.29, 1.82) is 0 Å². The molecule has 0 fully saturated rings. The molecule has 0 saturated heterocycles. The third-order valence-corrected chi connectivity index (χ3v) is 3.55. The summed E-state index contributed by atoms with van der Waals surface area (Å²) >= 11 is 17.8. The minimum absolute atomic E-state index is 0.297. The van der Waals surface area contributed by atoms with E-state index in [1.807, 2.05) is 0 Å². The largest absolute Gasteiger partial charge is 0.423 e. The first-order valence-corrected chi connectivity index (χ1v) is 6.54. The molecule has 0 unspecified atom stereocenters. The predicted molar refractivity (Wildman–Crippen MR) is 77.6 cm³/mol. The second-order valence-electron chi connectivity index (χ2n) is 3.91. The van der Waals surface area contributed by atoms with Crippen molar-refractivity contribution in [2.75, 3.05) is 0 Å². The highest BCUT2D eigenvalue weighted by molar-refractivity contribution is 6.36. The van der Waals surface area contributed by atoms with E-state index in [4.69, 9.17) is 39.5 Å². The van der Waals surface area contributed by atoms with Crippen molar-refractivity contribution in [3.63, 3.8) is 0 Å². The van der Waals surface area contributed by atoms with Gasteiger partial charge in [-0.3, -0.25) is 0 Å². The highest BCUT2D eigenvalue weighted by atomic mass is 35.5. The van der Waals surface area contributed by atoms with Gasteiger partial charge in [0.25, 0.3) is 0 Å². The Morgan fingerprint density at radius 1 is 1.05 bits per heavy atom. The first-order chi connectivity index (χ1) is 8.97. The van der Waals surface area contributed by atoms with Gasteiger partial charge in [-0.15, -0.1) is 0 Å². The molecule has 0 atom stereocenters. The number of halogens is 3. The number of hydrogen-bond acceptors (Lipinski definition) is 2. The molecule has 0 bridgehead atoms. The van der Waals surface area contributed by atoms with Gasteiger partial charge < -0.3 is 4.74 Å². The Morgan fingerprint density at radius 2 is 1.68 bits per heavy atom. The number of carbonyl (C=O) groups is 1. The van der Waals surface area contributed by atoms with E-state index in [0.717, 1.165) is 5.56 Å². The van der Waals surface area contributed by atoms with Crippen LogP contribution in [0.2, 0.25) is 15.1 Å². The molecule has 2 nitrogen and oxygen atoms in total. The molecule has 0 aromatic heterocycles. The lowest BCUT2D eigenvalue weighted by atomic mass is 10.2. The average molecular weight is 316 g/mol. The Balaban J connectivity index is 2.24. The van der Waals surface area contributed by atoms with Gasteiger partial charge >= 0.3 is 5.97 Å². The topological polar surface area (TPSA) is 26.3 Å². The van der Waals surface area contributed by atoms with Crippen LogP contribution in [0, 0.1) is 6.92 Å². The van der Waals surface area contributed by atoms with Crippen LogP contribution in [0.15, 0.2) is 36.4 Å². The molecule has 0 amide bonds. The van der Waals surface area contributed by atoms with Crippen LogP contribution >= 0.6 is 34.8 Å². The van der Waals surface area contributed by atoms with E-state index >= 15 is 0 Å². The van der Waals surface area contributed by atoms with Gasteiger partial charge in [0.05, 0.1) is 5.56 Å². The van der Waals surface area contributed by atoms with E-state index in [2.05, 4.69) is 0 Å². The Kier molecular flexibility index (Phi) is 4.35. The number of rotatable bonds is 2. The number of benzene rings is 2. The molecule has 19 heavy (non-hydrogen) atoms. The van der Waals surface area contributed by atoms with Gasteiger partial charge in [0.15, 0.2) is 0 Å². The quantitative estimate of drug-likeness (QED) is 0.564. The number of esters is 1. The van der Waals surface area contributed by atoms with Crippen LogP contribution in [0.3, 0.4) is 0 Å². The summed E-state index contributed by atoms with van der Waals surface area (Å²) in [4.78, 5) is 11.9. The predicted octanol–water partition coefficient (Wildman–Crippen LogP) is 5.17. The molecular formula is C14H9Cl3O2. The molecule has 0 aliphatic rings. The second kappa shape index (κ2) is 5.83. The highest BCUT2D eigenvalue weighted by Crippen LogP contribution is 2.29. The molecule has 98 valence electrons. The number of carbonyl (C=O) groups excluding carboxylic acids is 1. The summed E-state index contributed by atoms with van der Waals surface area (Å²) in [6, 6.07) is 9.59. The van der Waals surface area contributed by atoms with Crippen molar-refractivity contribution < 1.29 is 9.53 Å². The smallest absolute Gasteiger partial charge is 0.343 e. The lowest BCUT2D eigenvalue weighted by Gasteiger charge is -2.07. The van der Waals surface area contributed by atoms with E-state index in [-0.39, 0.29) is 0 Å². The summed E-state index contributed by atoms with van der Waals surface area (Å²) in [6.45, 7) is 1.78. The maximum absolute atomic E-state index is 11.9. The molecule has 2 aromatic rings. The zero-order valence-corrected chi connectivity index (χ0v) is 12.2. The van der Waals surface area contributed by atoms with E-state index < -0.39 is 5.97 Å². The van der Waals surface area contributed by atoms with Gasteiger partial charge in [-0.2, -0.15) is 0 Å². The minimum atomic E-state index is -0.515. The molecule has 0 radical (unpaired) electrons. The standard InChI is InChI=1S/C14H9Cl3O2/c1-8-12(16)6-11(7-13(8)17)19-14(18)9-3-2-4-10(15)5-9/h2-7H,1H3. The first-order valence-electron chi connectivity index (χ1n) is 5.41. The molecule has 2 aromatic carbocycles. The van der Waals surface area contributed by atoms with Crippen LogP contribution < -0.4 is 4.74 Å². The van der Waals surface area contributed by atoms with Gasteiger partial charge in [-0.1, -0.05) is 40.9 Å². The van der Waals surface area contributed by atoms with Crippen molar-refractivity contribution >= 4 is 40.8 Å². The van der Waals surface area contributed by atoms with Crippen LogP contribution in [-0.4, -0.2) is 5.97 Å². The summed E-state index contributed by atoms with van der Waals surface area (Å²) in [5, 5.41) is 1.36. The average Bonchev–Trinajstić information content (AvgIpc) is 2.36. The van der Waals surface area contributed by atoms with E-state index in [1.54, 1.807) is 37.3 Å². The Morgan fingerprint density at radius 3 is 2.26 bits per heavy atom. The van der Waals surface area contributed by atoms with Crippen LogP contribution in [0.5, 0.6) is 5.75 Å². The third kappa shape index (κ3) is 3.41. The summed E-state index contributed by atoms with van der Waals surface area (Å²) < 4.78 is 5.21. The van der Waals surface area contributed by atoms with Crippen molar-refractivity contribution in [3.8, 4) is 5.75 Å². The fraction of sp³-hybridized carbons (Fsp3) is 0.0714. The first kappa shape index (κ1) is 14.2. The minimum Gasteiger partial charge on any atom is -0.423 e. The van der Waals surface area contributed by atoms with Crippen molar-refractivity contribution in [1.82, 2.24) is 0 Å². The number of ether oxygens (including phenoxy) is 1. The summed E-state index contributed by atoms with van der Waals surface area (Å²) in [5.74, 6) is -0.218. The summed E-state index contributed by atoms with van der Waals surface area (Å²) in [6.07, 6.45) is 0. The zero-order valence-electron chi connectivity index (χ0n) is 9.91. The maximum Gasteiger partial charge on any atom is 0.343 e. The highest BCUT2D eigenvalue weighted by Gasteiger charge is 2.11. The summed E-state index contributed by atoms with van der Waals surface area (Å²) in [5.41, 5.74) is 1.10. The monoisotopic (exact) mass is 314 g/mol. The molecule has 5 heteroatoms. The van der Waals surface area contributed by atoms with Gasteiger partial charge in [0.2, 0.25) is 0 Å². The third-order valence-electron chi connectivity index (χ3n) is 2.53. The Bertz CT molecular complexity index is 615.